The van der Waals surface area contributed by atoms with E-state index in [1.165, 1.54) is 0 Å². The third kappa shape index (κ3) is 3.18. The topological polar surface area (TPSA) is 57.5 Å². The highest BCUT2D eigenvalue weighted by Gasteiger charge is 2.68. The van der Waals surface area contributed by atoms with Crippen molar-refractivity contribution in [1.82, 2.24) is 4.57 Å². The Morgan fingerprint density at radius 2 is 1.77 bits per heavy atom. The van der Waals surface area contributed by atoms with Crippen molar-refractivity contribution in [3.05, 3.63) is 36.0 Å². The molecule has 5 nitrogen and oxygen atoms in total. The normalized spacial score (nSPS) is 22.0. The molecule has 30 heavy (non-hydrogen) atoms. The SMILES string of the molecule is CCOC(=O)C(C1CCOCC1)n1cc(C(=O)C2C(C)(C)C2(C)C)c2ccccc21. The van der Waals surface area contributed by atoms with Crippen molar-refractivity contribution in [1.29, 1.82) is 0 Å². The highest BCUT2D eigenvalue weighted by Crippen LogP contribution is 2.69. The maximum Gasteiger partial charge on any atom is 0.329 e. The average Bonchev–Trinajstić information content (AvgIpc) is 2.98. The van der Waals surface area contributed by atoms with Crippen molar-refractivity contribution in [2.75, 3.05) is 19.8 Å². The van der Waals surface area contributed by atoms with Crippen LogP contribution in [-0.2, 0) is 14.3 Å². The second-order valence-electron chi connectivity index (χ2n) is 9.85. The fraction of sp³-hybridized carbons (Fsp3) is 0.600. The molecule has 4 rings (SSSR count). The summed E-state index contributed by atoms with van der Waals surface area (Å²) in [5, 5.41) is 0.919. The van der Waals surface area contributed by atoms with E-state index < -0.39 is 6.04 Å². The number of ketones is 1. The van der Waals surface area contributed by atoms with Crippen LogP contribution in [0.5, 0.6) is 0 Å². The monoisotopic (exact) mass is 411 g/mol. The van der Waals surface area contributed by atoms with Gasteiger partial charge in [-0.15, -0.1) is 0 Å². The number of aromatic nitrogens is 1. The molecule has 1 atom stereocenters. The minimum atomic E-state index is -0.444. The molecule has 1 aromatic carbocycles. The number of carbonyl (C=O) groups excluding carboxylic acids is 2. The van der Waals surface area contributed by atoms with Crippen molar-refractivity contribution in [3.8, 4) is 0 Å². The molecule has 2 aromatic rings. The van der Waals surface area contributed by atoms with E-state index in [4.69, 9.17) is 9.47 Å². The molecule has 0 amide bonds. The van der Waals surface area contributed by atoms with Crippen LogP contribution in [0.1, 0.15) is 63.9 Å². The highest BCUT2D eigenvalue weighted by atomic mass is 16.5. The lowest BCUT2D eigenvalue weighted by molar-refractivity contribution is -0.150. The molecule has 1 saturated carbocycles. The third-order valence-electron chi connectivity index (χ3n) is 7.83. The second-order valence-corrected chi connectivity index (χ2v) is 9.85. The summed E-state index contributed by atoms with van der Waals surface area (Å²) < 4.78 is 13.0. The van der Waals surface area contributed by atoms with Crippen LogP contribution in [-0.4, -0.2) is 36.1 Å². The number of ether oxygens (including phenoxy) is 2. The Kier molecular flexibility index (Phi) is 5.29. The molecule has 0 spiro atoms. The summed E-state index contributed by atoms with van der Waals surface area (Å²) in [4.78, 5) is 26.7. The molecular weight excluding hydrogens is 378 g/mol. The number of carbonyl (C=O) groups is 2. The number of para-hydroxylation sites is 1. The van der Waals surface area contributed by atoms with Gasteiger partial charge in [-0.05, 0) is 42.6 Å². The van der Waals surface area contributed by atoms with Crippen LogP contribution >= 0.6 is 0 Å². The van der Waals surface area contributed by atoms with Gasteiger partial charge < -0.3 is 14.0 Å². The molecule has 1 saturated heterocycles. The molecule has 2 aliphatic rings. The Balaban J connectivity index is 1.80. The van der Waals surface area contributed by atoms with Gasteiger partial charge in [-0.2, -0.15) is 0 Å². The quantitative estimate of drug-likeness (QED) is 0.494. The Labute approximate surface area is 178 Å². The first-order valence-electron chi connectivity index (χ1n) is 11.1. The van der Waals surface area contributed by atoms with Gasteiger partial charge in [0.25, 0.3) is 0 Å². The van der Waals surface area contributed by atoms with E-state index >= 15 is 0 Å². The predicted octanol–water partition coefficient (Wildman–Crippen LogP) is 5.04. The lowest BCUT2D eigenvalue weighted by Gasteiger charge is -2.30. The zero-order valence-electron chi connectivity index (χ0n) is 18.7. The molecule has 1 aliphatic heterocycles. The molecule has 0 radical (unpaired) electrons. The number of fused-ring (bicyclic) bond motifs is 1. The van der Waals surface area contributed by atoms with Crippen molar-refractivity contribution in [2.24, 2.45) is 22.7 Å². The number of esters is 1. The molecule has 1 aromatic heterocycles. The summed E-state index contributed by atoms with van der Waals surface area (Å²) in [5.74, 6) is 0.0597. The van der Waals surface area contributed by atoms with Crippen LogP contribution in [0, 0.1) is 22.7 Å². The van der Waals surface area contributed by atoms with E-state index in [1.807, 2.05) is 42.0 Å². The largest absolute Gasteiger partial charge is 0.464 e. The maximum absolute atomic E-state index is 13.6. The molecule has 1 unspecified atom stereocenters. The van der Waals surface area contributed by atoms with Gasteiger partial charge in [0, 0.05) is 41.8 Å². The summed E-state index contributed by atoms with van der Waals surface area (Å²) in [7, 11) is 0. The van der Waals surface area contributed by atoms with E-state index in [0.717, 1.165) is 29.3 Å². The summed E-state index contributed by atoms with van der Waals surface area (Å²) >= 11 is 0. The van der Waals surface area contributed by atoms with Crippen LogP contribution in [0.15, 0.2) is 30.5 Å². The lowest BCUT2D eigenvalue weighted by Crippen LogP contribution is -2.32. The van der Waals surface area contributed by atoms with Gasteiger partial charge in [0.1, 0.15) is 6.04 Å². The van der Waals surface area contributed by atoms with Crippen molar-refractivity contribution in [3.63, 3.8) is 0 Å². The molecule has 2 fully saturated rings. The number of hydrogen-bond donors (Lipinski definition) is 0. The smallest absolute Gasteiger partial charge is 0.329 e. The van der Waals surface area contributed by atoms with Crippen LogP contribution in [0.25, 0.3) is 10.9 Å². The Morgan fingerprint density at radius 3 is 2.37 bits per heavy atom. The van der Waals surface area contributed by atoms with E-state index in [2.05, 4.69) is 27.7 Å². The average molecular weight is 412 g/mol. The maximum atomic E-state index is 13.6. The van der Waals surface area contributed by atoms with Gasteiger partial charge in [0.15, 0.2) is 5.78 Å². The van der Waals surface area contributed by atoms with Crippen LogP contribution in [0.4, 0.5) is 0 Å². The number of nitrogens with zero attached hydrogens (tertiary/aromatic N) is 1. The van der Waals surface area contributed by atoms with Gasteiger partial charge in [-0.1, -0.05) is 45.9 Å². The van der Waals surface area contributed by atoms with Gasteiger partial charge in [0.2, 0.25) is 0 Å². The minimum Gasteiger partial charge on any atom is -0.464 e. The lowest BCUT2D eigenvalue weighted by atomic mass is 9.91. The zero-order valence-corrected chi connectivity index (χ0v) is 18.7. The zero-order chi connectivity index (χ0) is 21.7. The summed E-state index contributed by atoms with van der Waals surface area (Å²) in [6.07, 6.45) is 3.53. The second kappa shape index (κ2) is 7.52. The summed E-state index contributed by atoms with van der Waals surface area (Å²) in [6.45, 7) is 12.1. The molecule has 1 aliphatic carbocycles. The molecule has 0 N–H and O–H groups in total. The predicted molar refractivity (Wildman–Crippen MR) is 117 cm³/mol. The Morgan fingerprint density at radius 1 is 1.13 bits per heavy atom. The van der Waals surface area contributed by atoms with Crippen molar-refractivity contribution >= 4 is 22.7 Å². The van der Waals surface area contributed by atoms with Gasteiger partial charge in [-0.25, -0.2) is 4.79 Å². The van der Waals surface area contributed by atoms with Crippen LogP contribution < -0.4 is 0 Å². The standard InChI is InChI=1S/C25H33NO4/c1-6-30-23(28)20(16-11-13-29-14-12-16)26-15-18(17-9-7-8-10-19(17)26)21(27)22-24(2,3)25(22,4)5/h7-10,15-16,20,22H,6,11-14H2,1-5H3. The Hall–Kier alpha value is -2.14. The fourth-order valence-corrected chi connectivity index (χ4v) is 5.43. The van der Waals surface area contributed by atoms with Gasteiger partial charge in [0.05, 0.1) is 6.61 Å². The van der Waals surface area contributed by atoms with Crippen molar-refractivity contribution < 1.29 is 19.1 Å². The van der Waals surface area contributed by atoms with Crippen LogP contribution in [0.3, 0.4) is 0 Å². The van der Waals surface area contributed by atoms with E-state index in [-0.39, 0.29) is 34.4 Å². The fourth-order valence-electron chi connectivity index (χ4n) is 5.43. The molecular formula is C25H33NO4. The number of Topliss-reactive ketones (excluding diaryl/α,β-unsaturated/α-hetero) is 1. The number of benzene rings is 1. The molecule has 162 valence electrons. The first kappa shape index (κ1) is 21.1. The highest BCUT2D eigenvalue weighted by molar-refractivity contribution is 6.11. The molecule has 0 bridgehead atoms. The van der Waals surface area contributed by atoms with Crippen molar-refractivity contribution in [2.45, 2.75) is 53.5 Å². The van der Waals surface area contributed by atoms with E-state index in [0.29, 0.717) is 19.8 Å². The Bertz CT molecular complexity index is 951. The molecule has 2 heterocycles. The van der Waals surface area contributed by atoms with E-state index in [1.54, 1.807) is 0 Å². The number of rotatable bonds is 6. The number of hydrogen-bond acceptors (Lipinski definition) is 4. The first-order chi connectivity index (χ1) is 14.2. The minimum absolute atomic E-state index is 0.0200. The summed E-state index contributed by atoms with van der Waals surface area (Å²) in [6, 6.07) is 7.47. The van der Waals surface area contributed by atoms with Crippen LogP contribution in [0.2, 0.25) is 0 Å². The first-order valence-corrected chi connectivity index (χ1v) is 11.1. The summed E-state index contributed by atoms with van der Waals surface area (Å²) in [5.41, 5.74) is 1.57. The van der Waals surface area contributed by atoms with Gasteiger partial charge in [-0.3, -0.25) is 4.79 Å². The molecule has 5 heteroatoms. The van der Waals surface area contributed by atoms with Gasteiger partial charge >= 0.3 is 5.97 Å². The third-order valence-corrected chi connectivity index (χ3v) is 7.83. The van der Waals surface area contributed by atoms with E-state index in [9.17, 15) is 9.59 Å².